The van der Waals surface area contributed by atoms with Crippen molar-refractivity contribution in [2.75, 3.05) is 20.6 Å². The number of aryl methyl sites for hydroxylation is 2. The molecule has 138 valence electrons. The maximum absolute atomic E-state index is 12.5. The summed E-state index contributed by atoms with van der Waals surface area (Å²) in [5.74, 6) is 0.820. The molecule has 3 rings (SSSR count). The molecule has 0 saturated heterocycles. The molecule has 25 heavy (non-hydrogen) atoms. The monoisotopic (exact) mass is 366 g/mol. The molecule has 1 aliphatic heterocycles. The summed E-state index contributed by atoms with van der Waals surface area (Å²) >= 11 is 0. The maximum Gasteiger partial charge on any atom is 0.281 e. The number of aromatic nitrogens is 4. The SMILES string of the molecule is CCCn1c(C)cnc1-c1nn(C)c2c1CN(S(=O)(=O)N(C)C)CC2. The average Bonchev–Trinajstić information content (AvgIpc) is 3.08. The van der Waals surface area contributed by atoms with E-state index in [9.17, 15) is 8.42 Å². The molecule has 0 aromatic carbocycles. The Morgan fingerprint density at radius 3 is 2.68 bits per heavy atom. The van der Waals surface area contributed by atoms with Crippen molar-refractivity contribution in [3.05, 3.63) is 23.1 Å². The van der Waals surface area contributed by atoms with E-state index in [1.54, 1.807) is 14.1 Å². The molecule has 8 nitrogen and oxygen atoms in total. The molecule has 0 bridgehead atoms. The zero-order chi connectivity index (χ0) is 18.4. The van der Waals surface area contributed by atoms with E-state index in [-0.39, 0.29) is 0 Å². The molecule has 0 N–H and O–H groups in total. The van der Waals surface area contributed by atoms with Crippen molar-refractivity contribution >= 4 is 10.2 Å². The van der Waals surface area contributed by atoms with E-state index < -0.39 is 10.2 Å². The van der Waals surface area contributed by atoms with Gasteiger partial charge in [0.25, 0.3) is 10.2 Å². The second-order valence-electron chi connectivity index (χ2n) is 6.65. The second kappa shape index (κ2) is 6.54. The summed E-state index contributed by atoms with van der Waals surface area (Å²) in [6.45, 7) is 5.82. The van der Waals surface area contributed by atoms with Crippen LogP contribution < -0.4 is 0 Å². The Kier molecular flexibility index (Phi) is 4.74. The highest BCUT2D eigenvalue weighted by molar-refractivity contribution is 7.86. The lowest BCUT2D eigenvalue weighted by atomic mass is 10.1. The summed E-state index contributed by atoms with van der Waals surface area (Å²) in [6, 6.07) is 0. The fraction of sp³-hybridized carbons (Fsp3) is 0.625. The molecule has 1 aliphatic rings. The minimum atomic E-state index is -3.45. The van der Waals surface area contributed by atoms with Gasteiger partial charge in [-0.2, -0.15) is 22.1 Å². The van der Waals surface area contributed by atoms with Gasteiger partial charge < -0.3 is 4.57 Å². The Balaban J connectivity index is 2.07. The maximum atomic E-state index is 12.5. The van der Waals surface area contributed by atoms with Gasteiger partial charge in [-0.1, -0.05) is 6.92 Å². The van der Waals surface area contributed by atoms with Crippen LogP contribution in [-0.2, 0) is 36.8 Å². The van der Waals surface area contributed by atoms with Crippen LogP contribution in [0.15, 0.2) is 6.20 Å². The van der Waals surface area contributed by atoms with Crippen molar-refractivity contribution in [3.8, 4) is 11.5 Å². The van der Waals surface area contributed by atoms with Crippen LogP contribution in [0.2, 0.25) is 0 Å². The number of hydrogen-bond acceptors (Lipinski definition) is 4. The molecular formula is C16H26N6O2S. The second-order valence-corrected chi connectivity index (χ2v) is 8.79. The molecule has 0 amide bonds. The quantitative estimate of drug-likeness (QED) is 0.796. The van der Waals surface area contributed by atoms with Crippen LogP contribution in [0.1, 0.15) is 30.3 Å². The number of fused-ring (bicyclic) bond motifs is 1. The Morgan fingerprint density at radius 2 is 2.04 bits per heavy atom. The van der Waals surface area contributed by atoms with E-state index in [1.165, 1.54) is 8.61 Å². The molecule has 0 saturated carbocycles. The van der Waals surface area contributed by atoms with Gasteiger partial charge in [0, 0.05) is 70.3 Å². The lowest BCUT2D eigenvalue weighted by molar-refractivity contribution is 0.355. The van der Waals surface area contributed by atoms with E-state index in [2.05, 4.69) is 21.6 Å². The normalized spacial score (nSPS) is 15.8. The van der Waals surface area contributed by atoms with Gasteiger partial charge in [-0.15, -0.1) is 0 Å². The van der Waals surface area contributed by atoms with E-state index in [0.29, 0.717) is 19.5 Å². The first-order chi connectivity index (χ1) is 11.8. The summed E-state index contributed by atoms with van der Waals surface area (Å²) in [5, 5.41) is 4.68. The van der Waals surface area contributed by atoms with Gasteiger partial charge in [0.1, 0.15) is 5.69 Å². The van der Waals surface area contributed by atoms with Gasteiger partial charge >= 0.3 is 0 Å². The highest BCUT2D eigenvalue weighted by Gasteiger charge is 2.33. The molecule has 0 unspecified atom stereocenters. The molecule has 3 heterocycles. The van der Waals surface area contributed by atoms with E-state index >= 15 is 0 Å². The Labute approximate surface area is 149 Å². The predicted molar refractivity (Wildman–Crippen MR) is 96.2 cm³/mol. The average molecular weight is 366 g/mol. The minimum absolute atomic E-state index is 0.330. The molecule has 0 radical (unpaired) electrons. The number of nitrogens with zero attached hydrogens (tertiary/aromatic N) is 6. The van der Waals surface area contributed by atoms with Crippen molar-refractivity contribution < 1.29 is 8.42 Å². The first-order valence-corrected chi connectivity index (χ1v) is 9.91. The van der Waals surface area contributed by atoms with Gasteiger partial charge in [0.2, 0.25) is 0 Å². The lowest BCUT2D eigenvalue weighted by Crippen LogP contribution is -2.42. The van der Waals surface area contributed by atoms with E-state index in [1.807, 2.05) is 24.9 Å². The fourth-order valence-corrected chi connectivity index (χ4v) is 4.41. The van der Waals surface area contributed by atoms with Crippen LogP contribution in [0.4, 0.5) is 0 Å². The van der Waals surface area contributed by atoms with Crippen molar-refractivity contribution in [2.45, 2.75) is 39.8 Å². The number of hydrogen-bond donors (Lipinski definition) is 0. The predicted octanol–water partition coefficient (Wildman–Crippen LogP) is 1.17. The van der Waals surface area contributed by atoms with E-state index in [0.717, 1.165) is 41.4 Å². The standard InChI is InChI=1S/C16H26N6O2S/c1-6-8-22-12(2)10-17-16(22)15-13-11-21(25(23,24)19(3)4)9-7-14(13)20(5)18-15/h10H,6-9,11H2,1-5H3. The van der Waals surface area contributed by atoms with Gasteiger partial charge in [0.05, 0.1) is 0 Å². The third-order valence-electron chi connectivity index (χ3n) is 4.71. The smallest absolute Gasteiger partial charge is 0.281 e. The topological polar surface area (TPSA) is 76.3 Å². The largest absolute Gasteiger partial charge is 0.327 e. The molecule has 0 atom stereocenters. The highest BCUT2D eigenvalue weighted by atomic mass is 32.2. The molecular weight excluding hydrogens is 340 g/mol. The highest BCUT2D eigenvalue weighted by Crippen LogP contribution is 2.31. The van der Waals surface area contributed by atoms with Crippen LogP contribution in [0, 0.1) is 6.92 Å². The summed E-state index contributed by atoms with van der Waals surface area (Å²) in [7, 11) is 1.59. The van der Waals surface area contributed by atoms with Crippen molar-refractivity contribution in [3.63, 3.8) is 0 Å². The molecule has 2 aromatic rings. The van der Waals surface area contributed by atoms with Crippen LogP contribution in [-0.4, -0.2) is 57.0 Å². The van der Waals surface area contributed by atoms with Gasteiger partial charge in [-0.05, 0) is 13.3 Å². The van der Waals surface area contributed by atoms with Crippen molar-refractivity contribution in [1.82, 2.24) is 27.9 Å². The van der Waals surface area contributed by atoms with Crippen LogP contribution in [0.3, 0.4) is 0 Å². The first-order valence-electron chi connectivity index (χ1n) is 8.52. The van der Waals surface area contributed by atoms with Gasteiger partial charge in [0.15, 0.2) is 5.82 Å². The van der Waals surface area contributed by atoms with Crippen molar-refractivity contribution in [2.24, 2.45) is 7.05 Å². The first kappa shape index (κ1) is 18.1. The van der Waals surface area contributed by atoms with Gasteiger partial charge in [-0.3, -0.25) is 4.68 Å². The molecule has 0 spiro atoms. The number of rotatable bonds is 5. The van der Waals surface area contributed by atoms with Crippen LogP contribution >= 0.6 is 0 Å². The van der Waals surface area contributed by atoms with Crippen LogP contribution in [0.5, 0.6) is 0 Å². The summed E-state index contributed by atoms with van der Waals surface area (Å²) in [5.41, 5.74) is 3.92. The van der Waals surface area contributed by atoms with E-state index in [4.69, 9.17) is 0 Å². The summed E-state index contributed by atoms with van der Waals surface area (Å²) < 4.78 is 31.8. The summed E-state index contributed by atoms with van der Waals surface area (Å²) in [6.07, 6.45) is 3.50. The zero-order valence-electron chi connectivity index (χ0n) is 15.5. The third kappa shape index (κ3) is 3.00. The Bertz CT molecular complexity index is 881. The Hall–Kier alpha value is -1.71. The Morgan fingerprint density at radius 1 is 1.32 bits per heavy atom. The minimum Gasteiger partial charge on any atom is -0.327 e. The van der Waals surface area contributed by atoms with Gasteiger partial charge in [-0.25, -0.2) is 4.98 Å². The molecule has 0 fully saturated rings. The molecule has 9 heteroatoms. The molecule has 0 aliphatic carbocycles. The van der Waals surface area contributed by atoms with Crippen LogP contribution in [0.25, 0.3) is 11.5 Å². The fourth-order valence-electron chi connectivity index (χ4n) is 3.33. The zero-order valence-corrected chi connectivity index (χ0v) is 16.3. The lowest BCUT2D eigenvalue weighted by Gasteiger charge is -2.29. The van der Waals surface area contributed by atoms with Crippen molar-refractivity contribution in [1.29, 1.82) is 0 Å². The number of imidazole rings is 1. The summed E-state index contributed by atoms with van der Waals surface area (Å²) in [4.78, 5) is 4.56. The third-order valence-corrected chi connectivity index (χ3v) is 6.60. The molecule has 2 aromatic heterocycles.